The zero-order valence-electron chi connectivity index (χ0n) is 21.8. The molecule has 1 saturated heterocycles. The van der Waals surface area contributed by atoms with Gasteiger partial charge >= 0.3 is 5.97 Å². The minimum Gasteiger partial charge on any atom is -0.461 e. The van der Waals surface area contributed by atoms with Crippen LogP contribution < -0.4 is 16.0 Å². The van der Waals surface area contributed by atoms with Crippen LogP contribution in [0.15, 0.2) is 42.5 Å². The number of nitrogens with zero attached hydrogens (tertiary/aromatic N) is 1. The van der Waals surface area contributed by atoms with Crippen LogP contribution in [-0.4, -0.2) is 67.1 Å². The quantitative estimate of drug-likeness (QED) is 0.404. The van der Waals surface area contributed by atoms with E-state index >= 15 is 0 Å². The molecule has 37 heavy (non-hydrogen) atoms. The van der Waals surface area contributed by atoms with E-state index in [0.717, 1.165) is 67.8 Å². The Labute approximate surface area is 219 Å². The van der Waals surface area contributed by atoms with Gasteiger partial charge < -0.3 is 25.6 Å². The highest BCUT2D eigenvalue weighted by molar-refractivity contribution is 5.87. The Bertz CT molecular complexity index is 1060. The van der Waals surface area contributed by atoms with Crippen LogP contribution in [0.5, 0.6) is 0 Å². The van der Waals surface area contributed by atoms with Crippen molar-refractivity contribution in [2.24, 2.45) is 0 Å². The number of esters is 1. The van der Waals surface area contributed by atoms with Crippen LogP contribution in [0.4, 0.5) is 0 Å². The van der Waals surface area contributed by atoms with Crippen LogP contribution in [0, 0.1) is 0 Å². The fourth-order valence-electron chi connectivity index (χ4n) is 5.39. The number of rotatable bonds is 11. The molecule has 8 nitrogen and oxygen atoms in total. The maximum Gasteiger partial charge on any atom is 0.330 e. The molecule has 2 amide bonds. The summed E-state index contributed by atoms with van der Waals surface area (Å²) in [6, 6.07) is 13.6. The lowest BCUT2D eigenvalue weighted by Crippen LogP contribution is -2.56. The Morgan fingerprint density at radius 2 is 1.81 bits per heavy atom. The predicted molar refractivity (Wildman–Crippen MR) is 144 cm³/mol. The molecule has 0 spiro atoms. The number of amides is 2. The molecule has 200 valence electrons. The van der Waals surface area contributed by atoms with E-state index in [0.29, 0.717) is 13.1 Å². The lowest BCUT2D eigenvalue weighted by atomic mass is 9.98. The number of carbonyl (C=O) groups excluding carboxylic acids is 3. The van der Waals surface area contributed by atoms with Crippen molar-refractivity contribution in [2.75, 3.05) is 26.2 Å². The summed E-state index contributed by atoms with van der Waals surface area (Å²) in [6.07, 6.45) is 6.80. The summed E-state index contributed by atoms with van der Waals surface area (Å²) in [6.45, 7) is 3.38. The molecule has 2 fully saturated rings. The van der Waals surface area contributed by atoms with Gasteiger partial charge in [-0.05, 0) is 61.4 Å². The van der Waals surface area contributed by atoms with E-state index in [9.17, 15) is 14.4 Å². The molecule has 2 aromatic rings. The molecular weight excluding hydrogens is 468 g/mol. The molecule has 2 atom stereocenters. The number of hydrogen-bond acceptors (Lipinski definition) is 6. The van der Waals surface area contributed by atoms with E-state index in [4.69, 9.17) is 4.74 Å². The van der Waals surface area contributed by atoms with Gasteiger partial charge in [-0.2, -0.15) is 0 Å². The molecule has 0 aromatic heterocycles. The highest BCUT2D eigenvalue weighted by atomic mass is 16.5. The Balaban J connectivity index is 1.46. The summed E-state index contributed by atoms with van der Waals surface area (Å²) in [4.78, 5) is 40.3. The van der Waals surface area contributed by atoms with Crippen molar-refractivity contribution in [3.8, 4) is 0 Å². The zero-order valence-corrected chi connectivity index (χ0v) is 21.8. The number of fused-ring (bicyclic) bond motifs is 1. The molecule has 1 saturated carbocycles. The fourth-order valence-corrected chi connectivity index (χ4v) is 5.39. The van der Waals surface area contributed by atoms with Gasteiger partial charge in [-0.25, -0.2) is 4.79 Å². The van der Waals surface area contributed by atoms with Crippen molar-refractivity contribution in [3.05, 3.63) is 48.0 Å². The van der Waals surface area contributed by atoms with Crippen molar-refractivity contribution in [3.63, 3.8) is 0 Å². The molecule has 3 N–H and O–H groups in total. The Morgan fingerprint density at radius 1 is 1.03 bits per heavy atom. The molecule has 4 rings (SSSR count). The first-order valence-corrected chi connectivity index (χ1v) is 13.7. The van der Waals surface area contributed by atoms with E-state index in [2.05, 4.69) is 40.2 Å². The molecule has 1 unspecified atom stereocenters. The van der Waals surface area contributed by atoms with Crippen LogP contribution in [0.2, 0.25) is 0 Å². The molecule has 2 aromatic carbocycles. The second kappa shape index (κ2) is 13.5. The molecular formula is C29H40N4O4. The van der Waals surface area contributed by atoms with Gasteiger partial charge in [0.1, 0.15) is 12.1 Å². The summed E-state index contributed by atoms with van der Waals surface area (Å²) in [5.74, 6) is -0.845. The summed E-state index contributed by atoms with van der Waals surface area (Å²) >= 11 is 0. The molecule has 8 heteroatoms. The van der Waals surface area contributed by atoms with Gasteiger partial charge in [-0.15, -0.1) is 0 Å². The van der Waals surface area contributed by atoms with Gasteiger partial charge in [0, 0.05) is 32.6 Å². The molecule has 1 aliphatic heterocycles. The minimum absolute atomic E-state index is 0.0443. The van der Waals surface area contributed by atoms with Gasteiger partial charge in [0.25, 0.3) is 0 Å². The highest BCUT2D eigenvalue weighted by Gasteiger charge is 2.35. The Kier molecular flexibility index (Phi) is 9.91. The first-order valence-electron chi connectivity index (χ1n) is 13.7. The lowest BCUT2D eigenvalue weighted by molar-refractivity contribution is -0.161. The van der Waals surface area contributed by atoms with Crippen LogP contribution in [0.1, 0.15) is 57.4 Å². The molecule has 1 heterocycles. The van der Waals surface area contributed by atoms with Crippen LogP contribution in [-0.2, 0) is 25.7 Å². The Morgan fingerprint density at radius 3 is 2.57 bits per heavy atom. The van der Waals surface area contributed by atoms with Crippen molar-refractivity contribution in [1.82, 2.24) is 20.9 Å². The third-order valence-electron chi connectivity index (χ3n) is 7.40. The first kappa shape index (κ1) is 27.1. The van der Waals surface area contributed by atoms with E-state index in [1.165, 1.54) is 6.92 Å². The van der Waals surface area contributed by atoms with Crippen molar-refractivity contribution in [1.29, 1.82) is 0 Å². The van der Waals surface area contributed by atoms with Gasteiger partial charge in [-0.1, -0.05) is 48.9 Å². The maximum absolute atomic E-state index is 13.6. The van der Waals surface area contributed by atoms with Crippen molar-refractivity contribution in [2.45, 2.75) is 76.6 Å². The average Bonchev–Trinajstić information content (AvgIpc) is 3.42. The minimum atomic E-state index is -0.861. The van der Waals surface area contributed by atoms with Gasteiger partial charge in [-0.3, -0.25) is 9.59 Å². The smallest absolute Gasteiger partial charge is 0.330 e. The third kappa shape index (κ3) is 7.76. The monoisotopic (exact) mass is 508 g/mol. The number of benzene rings is 2. The topological polar surface area (TPSA) is 99.8 Å². The first-order chi connectivity index (χ1) is 18.0. The van der Waals surface area contributed by atoms with E-state index in [1.807, 2.05) is 18.2 Å². The number of carbonyl (C=O) groups is 3. The number of nitrogens with one attached hydrogen (secondary N) is 3. The van der Waals surface area contributed by atoms with Gasteiger partial charge in [0.15, 0.2) is 0 Å². The lowest BCUT2D eigenvalue weighted by Gasteiger charge is -2.34. The van der Waals surface area contributed by atoms with E-state index in [1.54, 1.807) is 4.90 Å². The normalized spacial score (nSPS) is 18.9. The van der Waals surface area contributed by atoms with Crippen molar-refractivity contribution >= 4 is 28.6 Å². The average molecular weight is 509 g/mol. The summed E-state index contributed by atoms with van der Waals surface area (Å²) in [5, 5.41) is 11.8. The predicted octanol–water partition coefficient (Wildman–Crippen LogP) is 2.89. The standard InChI is InChI=1S/C29H40N4O4/c1-21(34)32-18-27(29(36)37-25-13-3-2-4-14-25)33(20-24-12-8-16-31-24)28(35)19-30-17-23-11-7-10-22-9-5-6-15-26(22)23/h5-7,9-11,15,24-25,27,30-31H,2-4,8,12-14,16-20H2,1H3,(H,32,34)/t24?,27-/m0/s1. The summed E-state index contributed by atoms with van der Waals surface area (Å²) < 4.78 is 5.88. The van der Waals surface area contributed by atoms with Crippen LogP contribution >= 0.6 is 0 Å². The molecule has 0 radical (unpaired) electrons. The Hall–Kier alpha value is -2.97. The van der Waals surface area contributed by atoms with Crippen LogP contribution in [0.3, 0.4) is 0 Å². The second-order valence-electron chi connectivity index (χ2n) is 10.2. The summed E-state index contributed by atoms with van der Waals surface area (Å²) in [7, 11) is 0. The van der Waals surface area contributed by atoms with E-state index < -0.39 is 12.0 Å². The molecule has 1 aliphatic carbocycles. The largest absolute Gasteiger partial charge is 0.461 e. The fraction of sp³-hybridized carbons (Fsp3) is 0.552. The van der Waals surface area contributed by atoms with Crippen molar-refractivity contribution < 1.29 is 19.1 Å². The molecule has 2 aliphatic rings. The summed E-state index contributed by atoms with van der Waals surface area (Å²) in [5.41, 5.74) is 1.11. The van der Waals surface area contributed by atoms with Gasteiger partial charge in [0.05, 0.1) is 6.54 Å². The highest BCUT2D eigenvalue weighted by Crippen LogP contribution is 2.22. The van der Waals surface area contributed by atoms with E-state index in [-0.39, 0.29) is 37.0 Å². The maximum atomic E-state index is 13.6. The second-order valence-corrected chi connectivity index (χ2v) is 10.2. The SMILES string of the molecule is CC(=O)NC[C@@H](C(=O)OC1CCCCC1)N(CC1CCCN1)C(=O)CNCc1cccc2ccccc12. The molecule has 0 bridgehead atoms. The van der Waals surface area contributed by atoms with Gasteiger partial charge in [0.2, 0.25) is 11.8 Å². The number of ether oxygens (including phenoxy) is 1. The zero-order chi connectivity index (χ0) is 26.0. The number of hydrogen-bond donors (Lipinski definition) is 3. The van der Waals surface area contributed by atoms with Crippen LogP contribution in [0.25, 0.3) is 10.8 Å². The third-order valence-corrected chi connectivity index (χ3v) is 7.40.